The lowest BCUT2D eigenvalue weighted by atomic mass is 10.0. The zero-order valence-electron chi connectivity index (χ0n) is 13.3. The molecule has 2 aromatic rings. The van der Waals surface area contributed by atoms with Crippen molar-refractivity contribution < 1.29 is 9.90 Å². The molecule has 0 saturated heterocycles. The normalized spacial score (nSPS) is 11.0. The van der Waals surface area contributed by atoms with Crippen LogP contribution in [0.4, 0.5) is 0 Å². The van der Waals surface area contributed by atoms with Gasteiger partial charge in [0.15, 0.2) is 0 Å². The molecule has 1 aromatic carbocycles. The summed E-state index contributed by atoms with van der Waals surface area (Å²) < 4.78 is 2.24. The second-order valence-corrected chi connectivity index (χ2v) is 5.98. The summed E-state index contributed by atoms with van der Waals surface area (Å²) >= 11 is 0. The van der Waals surface area contributed by atoms with Gasteiger partial charge in [0.2, 0.25) is 0 Å². The quantitative estimate of drug-likeness (QED) is 0.757. The molecule has 4 nitrogen and oxygen atoms in total. The van der Waals surface area contributed by atoms with E-state index < -0.39 is 5.97 Å². The SMILES string of the molecule is CC(C)c1nccn1CCCCc1ccc(CC(=O)O)cc1. The van der Waals surface area contributed by atoms with Crippen LogP contribution >= 0.6 is 0 Å². The third kappa shape index (κ3) is 4.72. The van der Waals surface area contributed by atoms with Gasteiger partial charge in [0.25, 0.3) is 0 Å². The molecule has 0 saturated carbocycles. The molecule has 0 amide bonds. The van der Waals surface area contributed by atoms with E-state index in [4.69, 9.17) is 5.11 Å². The molecule has 4 heteroatoms. The number of carboxylic acids is 1. The minimum absolute atomic E-state index is 0.0961. The lowest BCUT2D eigenvalue weighted by Gasteiger charge is -2.10. The Morgan fingerprint density at radius 1 is 1.18 bits per heavy atom. The number of nitrogens with zero attached hydrogens (tertiary/aromatic N) is 2. The maximum absolute atomic E-state index is 10.6. The summed E-state index contributed by atoms with van der Waals surface area (Å²) in [6, 6.07) is 7.90. The van der Waals surface area contributed by atoms with E-state index in [-0.39, 0.29) is 6.42 Å². The van der Waals surface area contributed by atoms with Crippen LogP contribution in [-0.4, -0.2) is 20.6 Å². The second-order valence-electron chi connectivity index (χ2n) is 5.98. The Bertz CT molecular complexity index is 600. The highest BCUT2D eigenvalue weighted by atomic mass is 16.4. The summed E-state index contributed by atoms with van der Waals surface area (Å²) in [4.78, 5) is 15.0. The van der Waals surface area contributed by atoms with E-state index >= 15 is 0 Å². The van der Waals surface area contributed by atoms with Crippen molar-refractivity contribution in [3.63, 3.8) is 0 Å². The first-order valence-electron chi connectivity index (χ1n) is 7.87. The van der Waals surface area contributed by atoms with E-state index in [0.717, 1.165) is 37.2 Å². The molecule has 0 spiro atoms. The number of aryl methyl sites for hydroxylation is 2. The highest BCUT2D eigenvalue weighted by Crippen LogP contribution is 2.14. The lowest BCUT2D eigenvalue weighted by Crippen LogP contribution is -2.05. The summed E-state index contributed by atoms with van der Waals surface area (Å²) in [5, 5.41) is 8.75. The molecule has 1 N–H and O–H groups in total. The number of unbranched alkanes of at least 4 members (excludes halogenated alkanes) is 1. The van der Waals surface area contributed by atoms with Gasteiger partial charge in [0, 0.05) is 24.9 Å². The van der Waals surface area contributed by atoms with Crippen LogP contribution in [0.2, 0.25) is 0 Å². The minimum atomic E-state index is -0.783. The molecule has 0 radical (unpaired) electrons. The molecule has 22 heavy (non-hydrogen) atoms. The molecule has 0 aliphatic rings. The molecule has 1 aromatic heterocycles. The van der Waals surface area contributed by atoms with Crippen molar-refractivity contribution >= 4 is 5.97 Å². The van der Waals surface area contributed by atoms with Gasteiger partial charge in [0.05, 0.1) is 6.42 Å². The number of rotatable bonds is 8. The van der Waals surface area contributed by atoms with Gasteiger partial charge in [0.1, 0.15) is 5.82 Å². The summed E-state index contributed by atoms with van der Waals surface area (Å²) in [5.74, 6) is 0.823. The summed E-state index contributed by atoms with van der Waals surface area (Å²) in [5.41, 5.74) is 2.13. The van der Waals surface area contributed by atoms with Crippen LogP contribution in [0.1, 0.15) is 49.6 Å². The number of hydrogen-bond acceptors (Lipinski definition) is 2. The first-order chi connectivity index (χ1) is 10.6. The molecular formula is C18H24N2O2. The fraction of sp³-hybridized carbons (Fsp3) is 0.444. The molecule has 1 heterocycles. The number of hydrogen-bond donors (Lipinski definition) is 1. The smallest absolute Gasteiger partial charge is 0.307 e. The summed E-state index contributed by atoms with van der Waals surface area (Å²) in [6.07, 6.45) is 7.28. The largest absolute Gasteiger partial charge is 0.481 e. The topological polar surface area (TPSA) is 55.1 Å². The Hall–Kier alpha value is -2.10. The third-order valence-corrected chi connectivity index (χ3v) is 3.76. The first kappa shape index (κ1) is 16.3. The van der Waals surface area contributed by atoms with Gasteiger partial charge in [-0.2, -0.15) is 0 Å². The lowest BCUT2D eigenvalue weighted by molar-refractivity contribution is -0.136. The monoisotopic (exact) mass is 300 g/mol. The van der Waals surface area contributed by atoms with Gasteiger partial charge >= 0.3 is 5.97 Å². The maximum Gasteiger partial charge on any atom is 0.307 e. The van der Waals surface area contributed by atoms with E-state index in [0.29, 0.717) is 5.92 Å². The van der Waals surface area contributed by atoms with E-state index in [1.807, 2.05) is 30.5 Å². The van der Waals surface area contributed by atoms with Crippen molar-refractivity contribution in [2.24, 2.45) is 0 Å². The summed E-state index contributed by atoms with van der Waals surface area (Å²) in [6.45, 7) is 5.33. The van der Waals surface area contributed by atoms with Crippen LogP contribution in [0.5, 0.6) is 0 Å². The molecule has 0 fully saturated rings. The van der Waals surface area contributed by atoms with Gasteiger partial charge < -0.3 is 9.67 Å². The Balaban J connectivity index is 1.76. The number of aromatic nitrogens is 2. The fourth-order valence-corrected chi connectivity index (χ4v) is 2.62. The van der Waals surface area contributed by atoms with Crippen molar-refractivity contribution in [3.8, 4) is 0 Å². The molecule has 0 aliphatic heterocycles. The number of aliphatic carboxylic acids is 1. The van der Waals surface area contributed by atoms with E-state index in [1.165, 1.54) is 5.56 Å². The van der Waals surface area contributed by atoms with Crippen molar-refractivity contribution in [3.05, 3.63) is 53.6 Å². The highest BCUT2D eigenvalue weighted by Gasteiger charge is 2.06. The molecule has 118 valence electrons. The number of benzene rings is 1. The Kier molecular flexibility index (Phi) is 5.75. The van der Waals surface area contributed by atoms with E-state index in [9.17, 15) is 4.79 Å². The van der Waals surface area contributed by atoms with E-state index in [1.54, 1.807) is 0 Å². The molecule has 0 atom stereocenters. The second kappa shape index (κ2) is 7.78. The Morgan fingerprint density at radius 3 is 2.50 bits per heavy atom. The zero-order chi connectivity index (χ0) is 15.9. The molecular weight excluding hydrogens is 276 g/mol. The molecule has 0 aliphatic carbocycles. The predicted molar refractivity (Wildman–Crippen MR) is 87.0 cm³/mol. The molecule has 0 unspecified atom stereocenters. The Labute approximate surface area is 131 Å². The number of carbonyl (C=O) groups is 1. The van der Waals surface area contributed by atoms with Crippen LogP contribution in [0, 0.1) is 0 Å². The standard InChI is InChI=1S/C18H24N2O2/c1-14(2)18-19-10-12-20(18)11-4-3-5-15-6-8-16(9-7-15)13-17(21)22/h6-10,12,14H,3-5,11,13H2,1-2H3,(H,21,22). The van der Waals surface area contributed by atoms with Crippen LogP contribution in [-0.2, 0) is 24.2 Å². The van der Waals surface area contributed by atoms with Crippen molar-refractivity contribution in [1.29, 1.82) is 0 Å². The first-order valence-corrected chi connectivity index (χ1v) is 7.87. The van der Waals surface area contributed by atoms with Gasteiger partial charge in [-0.15, -0.1) is 0 Å². The third-order valence-electron chi connectivity index (χ3n) is 3.76. The number of imidazole rings is 1. The van der Waals surface area contributed by atoms with Crippen LogP contribution in [0.15, 0.2) is 36.7 Å². The average molecular weight is 300 g/mol. The predicted octanol–water partition coefficient (Wildman–Crippen LogP) is 3.66. The van der Waals surface area contributed by atoms with Crippen LogP contribution < -0.4 is 0 Å². The zero-order valence-corrected chi connectivity index (χ0v) is 13.3. The van der Waals surface area contributed by atoms with Gasteiger partial charge in [-0.05, 0) is 30.4 Å². The van der Waals surface area contributed by atoms with Gasteiger partial charge in [-0.3, -0.25) is 4.79 Å². The van der Waals surface area contributed by atoms with Crippen molar-refractivity contribution in [1.82, 2.24) is 9.55 Å². The van der Waals surface area contributed by atoms with Crippen molar-refractivity contribution in [2.75, 3.05) is 0 Å². The average Bonchev–Trinajstić information content (AvgIpc) is 2.93. The van der Waals surface area contributed by atoms with Gasteiger partial charge in [-0.1, -0.05) is 38.1 Å². The highest BCUT2D eigenvalue weighted by molar-refractivity contribution is 5.70. The minimum Gasteiger partial charge on any atom is -0.481 e. The van der Waals surface area contributed by atoms with E-state index in [2.05, 4.69) is 29.6 Å². The molecule has 0 bridgehead atoms. The number of carboxylic acid groups (broad SMARTS) is 1. The van der Waals surface area contributed by atoms with Gasteiger partial charge in [-0.25, -0.2) is 4.98 Å². The maximum atomic E-state index is 10.6. The van der Waals surface area contributed by atoms with Crippen LogP contribution in [0.25, 0.3) is 0 Å². The Morgan fingerprint density at radius 2 is 1.86 bits per heavy atom. The summed E-state index contributed by atoms with van der Waals surface area (Å²) in [7, 11) is 0. The van der Waals surface area contributed by atoms with Crippen molar-refractivity contribution in [2.45, 2.75) is 52.0 Å². The fourth-order valence-electron chi connectivity index (χ4n) is 2.62. The molecule has 2 rings (SSSR count). The van der Waals surface area contributed by atoms with Crippen LogP contribution in [0.3, 0.4) is 0 Å².